The quantitative estimate of drug-likeness (QED) is 0.289. The molecule has 0 amide bonds. The molecule has 0 saturated heterocycles. The molecule has 144 valence electrons. The highest BCUT2D eigenvalue weighted by atomic mass is 35.5. The van der Waals surface area contributed by atoms with Gasteiger partial charge in [-0.25, -0.2) is 0 Å². The monoisotopic (exact) mass is 419 g/mol. The van der Waals surface area contributed by atoms with E-state index in [0.717, 1.165) is 16.8 Å². The molecule has 0 aliphatic rings. The fourth-order valence-electron chi connectivity index (χ4n) is 2.91. The Labute approximate surface area is 178 Å². The van der Waals surface area contributed by atoms with E-state index in [1.54, 1.807) is 0 Å². The van der Waals surface area contributed by atoms with Crippen LogP contribution in [0.1, 0.15) is 15.9 Å². The van der Waals surface area contributed by atoms with Gasteiger partial charge in [-0.15, -0.1) is 10.2 Å². The minimum Gasteiger partial charge on any atom is -0.293 e. The van der Waals surface area contributed by atoms with Gasteiger partial charge in [-0.1, -0.05) is 71.4 Å². The largest absolute Gasteiger partial charge is 0.293 e. The summed E-state index contributed by atoms with van der Waals surface area (Å²) in [5.74, 6) is 1.05. The smallest absolute Gasteiger partial charge is 0.196 e. The van der Waals surface area contributed by atoms with E-state index in [4.69, 9.17) is 11.6 Å². The maximum absolute atomic E-state index is 12.6. The Hall–Kier alpha value is -2.89. The summed E-state index contributed by atoms with van der Waals surface area (Å²) in [4.78, 5) is 12.6. The molecule has 0 aliphatic carbocycles. The zero-order valence-corrected chi connectivity index (χ0v) is 17.3. The maximum Gasteiger partial charge on any atom is 0.196 e. The van der Waals surface area contributed by atoms with Gasteiger partial charge in [0.25, 0.3) is 0 Å². The van der Waals surface area contributed by atoms with Crippen LogP contribution in [0.2, 0.25) is 5.02 Å². The summed E-state index contributed by atoms with van der Waals surface area (Å²) in [6, 6.07) is 25.0. The standard InChI is InChI=1S/C23H18ClN3OS/c1-16-7-9-17(10-8-16)21(28)15-29-23-26-25-22(18-11-13-19(24)14-12-18)27(23)20-5-3-2-4-6-20/h2-14H,15H2,1H3. The van der Waals surface area contributed by atoms with Crippen LogP contribution in [-0.2, 0) is 0 Å². The molecule has 29 heavy (non-hydrogen) atoms. The fourth-order valence-corrected chi connectivity index (χ4v) is 3.88. The van der Waals surface area contributed by atoms with Crippen LogP contribution in [0.5, 0.6) is 0 Å². The molecule has 4 nitrogen and oxygen atoms in total. The van der Waals surface area contributed by atoms with Crippen molar-refractivity contribution in [3.63, 3.8) is 0 Å². The average molecular weight is 420 g/mol. The lowest BCUT2D eigenvalue weighted by molar-refractivity contribution is 0.102. The molecular weight excluding hydrogens is 402 g/mol. The molecule has 0 unspecified atom stereocenters. The summed E-state index contributed by atoms with van der Waals surface area (Å²) < 4.78 is 1.97. The lowest BCUT2D eigenvalue weighted by Gasteiger charge is -2.10. The summed E-state index contributed by atoms with van der Waals surface area (Å²) in [6.07, 6.45) is 0. The SMILES string of the molecule is Cc1ccc(C(=O)CSc2nnc(-c3ccc(Cl)cc3)n2-c2ccccc2)cc1. The van der Waals surface area contributed by atoms with Gasteiger partial charge in [-0.05, 0) is 43.3 Å². The van der Waals surface area contributed by atoms with Crippen LogP contribution in [0.3, 0.4) is 0 Å². The van der Waals surface area contributed by atoms with Crippen LogP contribution in [0.25, 0.3) is 17.1 Å². The molecule has 0 bridgehead atoms. The molecule has 4 rings (SSSR count). The number of rotatable bonds is 6. The minimum absolute atomic E-state index is 0.0608. The molecule has 0 saturated carbocycles. The molecule has 6 heteroatoms. The van der Waals surface area contributed by atoms with Gasteiger partial charge < -0.3 is 0 Å². The third kappa shape index (κ3) is 4.42. The van der Waals surface area contributed by atoms with Gasteiger partial charge in [0.15, 0.2) is 16.8 Å². The minimum atomic E-state index is 0.0608. The maximum atomic E-state index is 12.6. The Morgan fingerprint density at radius 3 is 2.31 bits per heavy atom. The highest BCUT2D eigenvalue weighted by Gasteiger charge is 2.17. The molecule has 0 atom stereocenters. The molecular formula is C23H18ClN3OS. The number of carbonyl (C=O) groups excluding carboxylic acids is 1. The Balaban J connectivity index is 1.65. The molecule has 1 aromatic heterocycles. The predicted molar refractivity (Wildman–Crippen MR) is 118 cm³/mol. The van der Waals surface area contributed by atoms with Gasteiger partial charge in [-0.2, -0.15) is 0 Å². The van der Waals surface area contributed by atoms with E-state index in [1.807, 2.05) is 90.4 Å². The van der Waals surface area contributed by atoms with E-state index >= 15 is 0 Å². The van der Waals surface area contributed by atoms with Crippen LogP contribution in [0, 0.1) is 6.92 Å². The topological polar surface area (TPSA) is 47.8 Å². The average Bonchev–Trinajstić information content (AvgIpc) is 3.17. The van der Waals surface area contributed by atoms with Crippen LogP contribution < -0.4 is 0 Å². The molecule has 0 spiro atoms. The third-order valence-corrected chi connectivity index (χ3v) is 5.64. The first-order valence-electron chi connectivity index (χ1n) is 9.11. The summed E-state index contributed by atoms with van der Waals surface area (Å²) in [5.41, 5.74) is 3.67. The van der Waals surface area contributed by atoms with Crippen molar-refractivity contribution in [1.82, 2.24) is 14.8 Å². The number of ketones is 1. The molecule has 0 aliphatic heterocycles. The van der Waals surface area contributed by atoms with Crippen molar-refractivity contribution in [2.45, 2.75) is 12.1 Å². The van der Waals surface area contributed by atoms with E-state index in [-0.39, 0.29) is 11.5 Å². The van der Waals surface area contributed by atoms with Crippen molar-refractivity contribution in [3.8, 4) is 17.1 Å². The van der Waals surface area contributed by atoms with E-state index in [0.29, 0.717) is 21.6 Å². The number of hydrogen-bond acceptors (Lipinski definition) is 4. The van der Waals surface area contributed by atoms with Crippen LogP contribution >= 0.6 is 23.4 Å². The summed E-state index contributed by atoms with van der Waals surface area (Å²) in [7, 11) is 0. The first-order valence-corrected chi connectivity index (χ1v) is 10.5. The van der Waals surface area contributed by atoms with Crippen molar-refractivity contribution in [3.05, 3.63) is 95.0 Å². The van der Waals surface area contributed by atoms with Crippen molar-refractivity contribution in [1.29, 1.82) is 0 Å². The van der Waals surface area contributed by atoms with Crippen molar-refractivity contribution in [2.75, 3.05) is 5.75 Å². The highest BCUT2D eigenvalue weighted by Crippen LogP contribution is 2.29. The van der Waals surface area contributed by atoms with Crippen LogP contribution in [0.15, 0.2) is 84.0 Å². The Bertz CT molecular complexity index is 1120. The zero-order valence-electron chi connectivity index (χ0n) is 15.7. The van der Waals surface area contributed by atoms with E-state index < -0.39 is 0 Å². The second kappa shape index (κ2) is 8.64. The number of para-hydroxylation sites is 1. The van der Waals surface area contributed by atoms with Crippen LogP contribution in [0.4, 0.5) is 0 Å². The van der Waals surface area contributed by atoms with Gasteiger partial charge in [0.2, 0.25) is 0 Å². The third-order valence-electron chi connectivity index (χ3n) is 4.46. The molecule has 0 fully saturated rings. The van der Waals surface area contributed by atoms with E-state index in [9.17, 15) is 4.79 Å². The van der Waals surface area contributed by atoms with Crippen molar-refractivity contribution >= 4 is 29.1 Å². The van der Waals surface area contributed by atoms with E-state index in [2.05, 4.69) is 10.2 Å². The fraction of sp³-hybridized carbons (Fsp3) is 0.0870. The number of benzene rings is 3. The number of carbonyl (C=O) groups is 1. The number of thioether (sulfide) groups is 1. The Morgan fingerprint density at radius 1 is 0.931 bits per heavy atom. The molecule has 0 N–H and O–H groups in total. The van der Waals surface area contributed by atoms with Crippen molar-refractivity contribution in [2.24, 2.45) is 0 Å². The number of halogens is 1. The molecule has 3 aromatic carbocycles. The first-order chi connectivity index (χ1) is 14.1. The van der Waals surface area contributed by atoms with Crippen LogP contribution in [-0.4, -0.2) is 26.3 Å². The van der Waals surface area contributed by atoms with Gasteiger partial charge in [0.1, 0.15) is 0 Å². The Kier molecular flexibility index (Phi) is 5.79. The number of nitrogens with zero attached hydrogens (tertiary/aromatic N) is 3. The lowest BCUT2D eigenvalue weighted by atomic mass is 10.1. The zero-order chi connectivity index (χ0) is 20.2. The van der Waals surface area contributed by atoms with Crippen molar-refractivity contribution < 1.29 is 4.79 Å². The number of aryl methyl sites for hydroxylation is 1. The molecule has 1 heterocycles. The normalized spacial score (nSPS) is 10.8. The number of Topliss-reactive ketones (excluding diaryl/α,β-unsaturated/α-hetero) is 1. The Morgan fingerprint density at radius 2 is 1.62 bits per heavy atom. The molecule has 4 aromatic rings. The lowest BCUT2D eigenvalue weighted by Crippen LogP contribution is -2.05. The summed E-state index contributed by atoms with van der Waals surface area (Å²) in [5, 5.41) is 10.1. The second-order valence-corrected chi connectivity index (χ2v) is 7.94. The van der Waals surface area contributed by atoms with Gasteiger partial charge in [0.05, 0.1) is 5.75 Å². The van der Waals surface area contributed by atoms with Gasteiger partial charge >= 0.3 is 0 Å². The molecule has 0 radical (unpaired) electrons. The number of aromatic nitrogens is 3. The predicted octanol–water partition coefficient (Wildman–Crippen LogP) is 5.87. The van der Waals surface area contributed by atoms with E-state index in [1.165, 1.54) is 11.8 Å². The van der Waals surface area contributed by atoms with Gasteiger partial charge in [-0.3, -0.25) is 9.36 Å². The first kappa shape index (κ1) is 19.4. The summed E-state index contributed by atoms with van der Waals surface area (Å²) >= 11 is 7.41. The highest BCUT2D eigenvalue weighted by molar-refractivity contribution is 7.99. The van der Waals surface area contributed by atoms with Gasteiger partial charge in [0, 0.05) is 21.8 Å². The summed E-state index contributed by atoms with van der Waals surface area (Å²) in [6.45, 7) is 2.00. The second-order valence-electron chi connectivity index (χ2n) is 6.56. The number of hydrogen-bond donors (Lipinski definition) is 0.